The average Bonchev–Trinajstić information content (AvgIpc) is 3.37. The first-order valence-electron chi connectivity index (χ1n) is 9.95. The number of hydrogen-bond acceptors (Lipinski definition) is 6. The van der Waals surface area contributed by atoms with Crippen molar-refractivity contribution in [1.29, 1.82) is 0 Å². The Morgan fingerprint density at radius 1 is 1.21 bits per heavy atom. The van der Waals surface area contributed by atoms with Crippen LogP contribution in [-0.2, 0) is 14.8 Å². The Hall–Kier alpha value is -3.12. The summed E-state index contributed by atoms with van der Waals surface area (Å²) in [6.07, 6.45) is 1.53. The van der Waals surface area contributed by atoms with E-state index in [2.05, 4.69) is 4.72 Å². The van der Waals surface area contributed by atoms with Crippen LogP contribution in [0.3, 0.4) is 0 Å². The average molecular weight is 522 g/mol. The summed E-state index contributed by atoms with van der Waals surface area (Å²) in [5.41, 5.74) is 0.337. The predicted molar refractivity (Wildman–Crippen MR) is 130 cm³/mol. The van der Waals surface area contributed by atoms with Crippen LogP contribution in [0.15, 0.2) is 60.0 Å². The number of sulfonamides is 1. The molecule has 1 aliphatic heterocycles. The fraction of sp³-hybridized carbons (Fsp3) is 0.136. The number of nitro benzene ring substituents is 1. The SMILES string of the molecule is O=C1[C@@H](NS(=O)(=O)C=Cc2ccc(Cl)s2)CCN1c1ccc(-c2ccccc2[N+](=O)[O-])cc1F. The molecule has 34 heavy (non-hydrogen) atoms. The van der Waals surface area contributed by atoms with Gasteiger partial charge in [0, 0.05) is 22.9 Å². The molecule has 1 N–H and O–H groups in total. The van der Waals surface area contributed by atoms with Crippen molar-refractivity contribution in [2.45, 2.75) is 12.5 Å². The van der Waals surface area contributed by atoms with Crippen LogP contribution in [0.2, 0.25) is 4.34 Å². The van der Waals surface area contributed by atoms with Crippen molar-refractivity contribution in [3.63, 3.8) is 0 Å². The van der Waals surface area contributed by atoms with Gasteiger partial charge in [0.05, 0.1) is 20.5 Å². The zero-order valence-electron chi connectivity index (χ0n) is 17.4. The number of amides is 1. The van der Waals surface area contributed by atoms with Gasteiger partial charge in [0.25, 0.3) is 5.69 Å². The fourth-order valence-electron chi connectivity index (χ4n) is 3.61. The standard InChI is InChI=1S/C22H17ClFN3O5S2/c23-21-8-6-15(33-21)10-12-34(31,32)25-18-9-11-26(22(18)28)20-7-5-14(13-17(20)24)16-3-1-2-4-19(16)27(29)30/h1-8,10,12-13,18,25H,9,11H2/t18-/m0/s1. The highest BCUT2D eigenvalue weighted by molar-refractivity contribution is 7.92. The molecular weight excluding hydrogens is 505 g/mol. The predicted octanol–water partition coefficient (Wildman–Crippen LogP) is 4.81. The van der Waals surface area contributed by atoms with Gasteiger partial charge in [-0.05, 0) is 48.4 Å². The van der Waals surface area contributed by atoms with Crippen molar-refractivity contribution < 1.29 is 22.5 Å². The highest BCUT2D eigenvalue weighted by Crippen LogP contribution is 2.33. The van der Waals surface area contributed by atoms with E-state index in [1.165, 1.54) is 47.7 Å². The smallest absolute Gasteiger partial charge is 0.277 e. The normalized spacial score (nSPS) is 16.5. The molecule has 3 aromatic rings. The minimum absolute atomic E-state index is 0.0298. The van der Waals surface area contributed by atoms with Gasteiger partial charge in [0.1, 0.15) is 11.9 Å². The van der Waals surface area contributed by atoms with Crippen LogP contribution in [-0.4, -0.2) is 31.8 Å². The van der Waals surface area contributed by atoms with Crippen LogP contribution >= 0.6 is 22.9 Å². The molecule has 1 amide bonds. The zero-order valence-corrected chi connectivity index (χ0v) is 19.7. The molecule has 2 heterocycles. The van der Waals surface area contributed by atoms with E-state index in [0.29, 0.717) is 9.21 Å². The van der Waals surface area contributed by atoms with E-state index in [-0.39, 0.29) is 35.5 Å². The van der Waals surface area contributed by atoms with Gasteiger partial charge in [-0.3, -0.25) is 14.9 Å². The third-order valence-corrected chi connectivity index (χ3v) is 7.47. The lowest BCUT2D eigenvalue weighted by molar-refractivity contribution is -0.384. The van der Waals surface area contributed by atoms with Gasteiger partial charge in [0.2, 0.25) is 15.9 Å². The van der Waals surface area contributed by atoms with Gasteiger partial charge in [-0.1, -0.05) is 29.8 Å². The summed E-state index contributed by atoms with van der Waals surface area (Å²) in [6, 6.07) is 12.2. The number of carbonyl (C=O) groups excluding carboxylic acids is 1. The Bertz CT molecular complexity index is 1410. The number of carbonyl (C=O) groups is 1. The summed E-state index contributed by atoms with van der Waals surface area (Å²) in [5.74, 6) is -1.34. The third-order valence-electron chi connectivity index (χ3n) is 5.17. The van der Waals surface area contributed by atoms with Crippen molar-refractivity contribution >= 4 is 56.3 Å². The number of rotatable bonds is 7. The number of nitrogens with one attached hydrogen (secondary N) is 1. The number of anilines is 1. The van der Waals surface area contributed by atoms with Gasteiger partial charge in [-0.25, -0.2) is 12.8 Å². The molecule has 12 heteroatoms. The third kappa shape index (κ3) is 5.17. The topological polar surface area (TPSA) is 110 Å². The molecule has 1 fully saturated rings. The van der Waals surface area contributed by atoms with Crippen LogP contribution in [0.5, 0.6) is 0 Å². The maximum Gasteiger partial charge on any atom is 0.277 e. The Morgan fingerprint density at radius 3 is 2.65 bits per heavy atom. The van der Waals surface area contributed by atoms with E-state index in [4.69, 9.17) is 11.6 Å². The van der Waals surface area contributed by atoms with Crippen LogP contribution in [0.4, 0.5) is 15.8 Å². The van der Waals surface area contributed by atoms with Crippen molar-refractivity contribution in [2.75, 3.05) is 11.4 Å². The Labute approximate surface area is 203 Å². The van der Waals surface area contributed by atoms with Crippen LogP contribution < -0.4 is 9.62 Å². The van der Waals surface area contributed by atoms with Crippen molar-refractivity contribution in [3.8, 4) is 11.1 Å². The molecule has 0 unspecified atom stereocenters. The molecular formula is C22H17ClFN3O5S2. The molecule has 0 bridgehead atoms. The molecule has 1 aliphatic rings. The maximum absolute atomic E-state index is 14.9. The second-order valence-electron chi connectivity index (χ2n) is 7.38. The first-order chi connectivity index (χ1) is 16.1. The molecule has 8 nitrogen and oxygen atoms in total. The highest BCUT2D eigenvalue weighted by atomic mass is 35.5. The summed E-state index contributed by atoms with van der Waals surface area (Å²) in [4.78, 5) is 25.3. The zero-order chi connectivity index (χ0) is 24.5. The number of halogens is 2. The molecule has 0 spiro atoms. The molecule has 176 valence electrons. The van der Waals surface area contributed by atoms with E-state index >= 15 is 0 Å². The Kier molecular flexibility index (Phi) is 6.80. The summed E-state index contributed by atoms with van der Waals surface area (Å²) >= 11 is 7.03. The quantitative estimate of drug-likeness (QED) is 0.354. The second-order valence-corrected chi connectivity index (χ2v) is 10.7. The number of benzene rings is 2. The fourth-order valence-corrected chi connectivity index (χ4v) is 5.68. The molecule has 0 radical (unpaired) electrons. The Balaban J connectivity index is 1.50. The summed E-state index contributed by atoms with van der Waals surface area (Å²) in [6.45, 7) is 0.109. The largest absolute Gasteiger partial charge is 0.308 e. The highest BCUT2D eigenvalue weighted by Gasteiger charge is 2.36. The van der Waals surface area contributed by atoms with E-state index in [9.17, 15) is 27.7 Å². The summed E-state index contributed by atoms with van der Waals surface area (Å²) < 4.78 is 42.6. The van der Waals surface area contributed by atoms with Crippen LogP contribution in [0.1, 0.15) is 11.3 Å². The number of para-hydroxylation sites is 1. The molecule has 1 aromatic heterocycles. The first kappa shape index (κ1) is 24.0. The van der Waals surface area contributed by atoms with Gasteiger partial charge in [-0.15, -0.1) is 11.3 Å². The number of hydrogen-bond donors (Lipinski definition) is 1. The number of thiophene rings is 1. The van der Waals surface area contributed by atoms with Gasteiger partial charge in [0.15, 0.2) is 0 Å². The van der Waals surface area contributed by atoms with Crippen molar-refractivity contribution in [3.05, 3.63) is 85.2 Å². The van der Waals surface area contributed by atoms with E-state index in [0.717, 1.165) is 16.4 Å². The second kappa shape index (κ2) is 9.63. The minimum Gasteiger partial charge on any atom is -0.308 e. The maximum atomic E-state index is 14.9. The molecule has 2 aromatic carbocycles. The lowest BCUT2D eigenvalue weighted by Crippen LogP contribution is -2.40. The molecule has 0 saturated carbocycles. The van der Waals surface area contributed by atoms with E-state index in [1.807, 2.05) is 0 Å². The minimum atomic E-state index is -3.93. The number of nitrogens with zero attached hydrogens (tertiary/aromatic N) is 2. The lowest BCUT2D eigenvalue weighted by Gasteiger charge is -2.18. The van der Waals surface area contributed by atoms with E-state index in [1.54, 1.807) is 18.2 Å². The Morgan fingerprint density at radius 2 is 1.97 bits per heavy atom. The number of nitro groups is 1. The monoisotopic (exact) mass is 521 g/mol. The summed E-state index contributed by atoms with van der Waals surface area (Å²) in [5, 5.41) is 12.2. The molecule has 4 rings (SSSR count). The van der Waals surface area contributed by atoms with E-state index < -0.39 is 32.7 Å². The first-order valence-corrected chi connectivity index (χ1v) is 12.7. The lowest BCUT2D eigenvalue weighted by atomic mass is 10.0. The van der Waals surface area contributed by atoms with Crippen molar-refractivity contribution in [1.82, 2.24) is 4.72 Å². The van der Waals surface area contributed by atoms with Gasteiger partial charge in [-0.2, -0.15) is 4.72 Å². The van der Waals surface area contributed by atoms with Crippen LogP contribution in [0, 0.1) is 15.9 Å². The summed E-state index contributed by atoms with van der Waals surface area (Å²) in [7, 11) is -3.93. The van der Waals surface area contributed by atoms with Gasteiger partial charge >= 0.3 is 0 Å². The van der Waals surface area contributed by atoms with Crippen LogP contribution in [0.25, 0.3) is 17.2 Å². The molecule has 1 saturated heterocycles. The van der Waals surface area contributed by atoms with Crippen molar-refractivity contribution in [2.24, 2.45) is 0 Å². The molecule has 1 atom stereocenters. The molecule has 0 aliphatic carbocycles. The van der Waals surface area contributed by atoms with Gasteiger partial charge < -0.3 is 4.90 Å².